The average Bonchev–Trinajstić information content (AvgIpc) is 2.85. The standard InChI is InChI=1S/C26H27ClFN5O4/c1-13(2)19-22(20(14(3)4)31-25(30-19)37-11-10-36-5)33-23-16(24(34)32-26(33)35)12-17(27)21(29-23)15-8-6-7-9-18(15)28/h6-9,12-14H,10-11H2,1-5H3,(H,32,34,35). The van der Waals surface area contributed by atoms with Crippen molar-refractivity contribution in [2.75, 3.05) is 20.3 Å². The smallest absolute Gasteiger partial charge is 0.334 e. The first-order valence-corrected chi connectivity index (χ1v) is 12.2. The lowest BCUT2D eigenvalue weighted by Crippen LogP contribution is -2.32. The third kappa shape index (κ3) is 5.12. The molecule has 3 aromatic heterocycles. The summed E-state index contributed by atoms with van der Waals surface area (Å²) in [6.07, 6.45) is 0. The molecule has 37 heavy (non-hydrogen) atoms. The molecule has 9 nitrogen and oxygen atoms in total. The van der Waals surface area contributed by atoms with Crippen LogP contribution >= 0.6 is 11.6 Å². The minimum absolute atomic E-state index is 0.0110. The second-order valence-corrected chi connectivity index (χ2v) is 9.45. The van der Waals surface area contributed by atoms with Gasteiger partial charge < -0.3 is 9.47 Å². The Balaban J connectivity index is 2.10. The van der Waals surface area contributed by atoms with Gasteiger partial charge in [0.1, 0.15) is 12.4 Å². The Hall–Kier alpha value is -3.63. The molecule has 0 aliphatic carbocycles. The minimum atomic E-state index is -0.729. The first-order chi connectivity index (χ1) is 17.6. The van der Waals surface area contributed by atoms with Gasteiger partial charge in [-0.2, -0.15) is 9.97 Å². The molecular weight excluding hydrogens is 501 g/mol. The van der Waals surface area contributed by atoms with Gasteiger partial charge in [-0.1, -0.05) is 51.4 Å². The number of fused-ring (bicyclic) bond motifs is 1. The molecule has 0 saturated heterocycles. The van der Waals surface area contributed by atoms with Gasteiger partial charge in [0.05, 0.1) is 39.8 Å². The lowest BCUT2D eigenvalue weighted by Gasteiger charge is -2.21. The maximum Gasteiger partial charge on any atom is 0.334 e. The largest absolute Gasteiger partial charge is 0.461 e. The summed E-state index contributed by atoms with van der Waals surface area (Å²) in [5.41, 5.74) is 0.275. The fraction of sp³-hybridized carbons (Fsp3) is 0.346. The van der Waals surface area contributed by atoms with Crippen LogP contribution < -0.4 is 16.0 Å². The number of benzene rings is 1. The number of hydrogen-bond acceptors (Lipinski definition) is 7. The van der Waals surface area contributed by atoms with Crippen molar-refractivity contribution in [3.63, 3.8) is 0 Å². The molecule has 0 atom stereocenters. The fourth-order valence-corrected chi connectivity index (χ4v) is 4.22. The zero-order valence-electron chi connectivity index (χ0n) is 21.1. The number of aromatic nitrogens is 5. The number of ether oxygens (including phenoxy) is 2. The van der Waals surface area contributed by atoms with E-state index in [-0.39, 0.29) is 51.8 Å². The summed E-state index contributed by atoms with van der Waals surface area (Å²) in [4.78, 5) is 42.2. The Morgan fingerprint density at radius 3 is 2.27 bits per heavy atom. The monoisotopic (exact) mass is 527 g/mol. The van der Waals surface area contributed by atoms with Crippen molar-refractivity contribution in [2.24, 2.45) is 0 Å². The molecule has 0 radical (unpaired) electrons. The molecule has 0 aliphatic heterocycles. The van der Waals surface area contributed by atoms with Gasteiger partial charge in [-0.15, -0.1) is 0 Å². The van der Waals surface area contributed by atoms with Crippen molar-refractivity contribution in [2.45, 2.75) is 39.5 Å². The van der Waals surface area contributed by atoms with E-state index in [9.17, 15) is 14.0 Å². The summed E-state index contributed by atoms with van der Waals surface area (Å²) < 4.78 is 26.7. The SMILES string of the molecule is COCCOc1nc(C(C)C)c(-n2c(=O)[nH]c(=O)c3cc(Cl)c(-c4ccccc4F)nc32)c(C(C)C)n1. The molecule has 0 saturated carbocycles. The van der Waals surface area contributed by atoms with Gasteiger partial charge in [-0.05, 0) is 30.0 Å². The van der Waals surface area contributed by atoms with Crippen LogP contribution in [0.2, 0.25) is 5.02 Å². The molecule has 0 amide bonds. The Labute approximate surface area is 217 Å². The average molecular weight is 528 g/mol. The van der Waals surface area contributed by atoms with Gasteiger partial charge in [-0.3, -0.25) is 9.78 Å². The molecule has 4 aromatic rings. The predicted octanol–water partition coefficient (Wildman–Crippen LogP) is 4.60. The van der Waals surface area contributed by atoms with E-state index >= 15 is 0 Å². The first kappa shape index (κ1) is 26.4. The normalized spacial score (nSPS) is 11.6. The van der Waals surface area contributed by atoms with Crippen LogP contribution in [0.4, 0.5) is 4.39 Å². The summed E-state index contributed by atoms with van der Waals surface area (Å²) in [6.45, 7) is 8.28. The second kappa shape index (κ2) is 10.8. The molecule has 0 bridgehead atoms. The number of aromatic amines is 1. The van der Waals surface area contributed by atoms with E-state index in [2.05, 4.69) is 19.9 Å². The van der Waals surface area contributed by atoms with Crippen LogP contribution in [0.15, 0.2) is 39.9 Å². The second-order valence-electron chi connectivity index (χ2n) is 9.04. The molecule has 4 rings (SSSR count). The zero-order valence-corrected chi connectivity index (χ0v) is 21.9. The van der Waals surface area contributed by atoms with Crippen LogP contribution in [0.1, 0.15) is 50.9 Å². The van der Waals surface area contributed by atoms with Crippen molar-refractivity contribution in [1.82, 2.24) is 24.5 Å². The highest BCUT2D eigenvalue weighted by atomic mass is 35.5. The summed E-state index contributed by atoms with van der Waals surface area (Å²) in [5.74, 6) is -0.860. The van der Waals surface area contributed by atoms with Crippen molar-refractivity contribution in [3.8, 4) is 23.0 Å². The molecule has 0 aliphatic rings. The van der Waals surface area contributed by atoms with E-state index in [1.165, 1.54) is 22.8 Å². The zero-order chi connectivity index (χ0) is 26.9. The quantitative estimate of drug-likeness (QED) is 0.333. The number of rotatable bonds is 8. The molecule has 3 heterocycles. The van der Waals surface area contributed by atoms with E-state index in [0.717, 1.165) is 0 Å². The van der Waals surface area contributed by atoms with E-state index in [0.29, 0.717) is 23.7 Å². The van der Waals surface area contributed by atoms with Gasteiger partial charge in [0, 0.05) is 12.7 Å². The summed E-state index contributed by atoms with van der Waals surface area (Å²) >= 11 is 6.44. The molecule has 11 heteroatoms. The topological polar surface area (TPSA) is 112 Å². The number of halogens is 2. The number of methoxy groups -OCH3 is 1. The highest BCUT2D eigenvalue weighted by molar-refractivity contribution is 6.33. The number of nitrogens with one attached hydrogen (secondary N) is 1. The maximum absolute atomic E-state index is 14.7. The van der Waals surface area contributed by atoms with E-state index in [4.69, 9.17) is 21.1 Å². The lowest BCUT2D eigenvalue weighted by molar-refractivity contribution is 0.140. The third-order valence-corrected chi connectivity index (χ3v) is 6.01. The number of pyridine rings is 1. The Kier molecular flexibility index (Phi) is 7.70. The first-order valence-electron chi connectivity index (χ1n) is 11.8. The van der Waals surface area contributed by atoms with Gasteiger partial charge in [0.25, 0.3) is 5.56 Å². The molecule has 0 fully saturated rings. The van der Waals surface area contributed by atoms with Crippen LogP contribution in [0.5, 0.6) is 6.01 Å². The minimum Gasteiger partial charge on any atom is -0.461 e. The van der Waals surface area contributed by atoms with Gasteiger partial charge in [0.15, 0.2) is 5.65 Å². The molecule has 1 aromatic carbocycles. The lowest BCUT2D eigenvalue weighted by atomic mass is 10.0. The van der Waals surface area contributed by atoms with E-state index in [1.54, 1.807) is 19.2 Å². The number of hydrogen-bond donors (Lipinski definition) is 1. The molecule has 0 spiro atoms. The highest BCUT2D eigenvalue weighted by Gasteiger charge is 2.26. The molecule has 0 unspecified atom stereocenters. The van der Waals surface area contributed by atoms with Crippen molar-refractivity contribution >= 4 is 22.6 Å². The van der Waals surface area contributed by atoms with E-state index in [1.807, 2.05) is 27.7 Å². The van der Waals surface area contributed by atoms with E-state index < -0.39 is 17.1 Å². The van der Waals surface area contributed by atoms with Crippen molar-refractivity contribution in [1.29, 1.82) is 0 Å². The summed E-state index contributed by atoms with van der Waals surface area (Å²) in [6, 6.07) is 7.54. The Bertz CT molecular complexity index is 1550. The number of H-pyrrole nitrogens is 1. The van der Waals surface area contributed by atoms with Crippen molar-refractivity contribution in [3.05, 3.63) is 73.4 Å². The number of nitrogens with zero attached hydrogens (tertiary/aromatic N) is 4. The summed E-state index contributed by atoms with van der Waals surface area (Å²) in [7, 11) is 1.56. The highest BCUT2D eigenvalue weighted by Crippen LogP contribution is 2.33. The van der Waals surface area contributed by atoms with Gasteiger partial charge in [0.2, 0.25) is 0 Å². The third-order valence-electron chi connectivity index (χ3n) is 5.72. The van der Waals surface area contributed by atoms with Crippen LogP contribution in [0.25, 0.3) is 28.0 Å². The fourth-order valence-electron chi connectivity index (χ4n) is 3.97. The van der Waals surface area contributed by atoms with Gasteiger partial charge >= 0.3 is 11.7 Å². The van der Waals surface area contributed by atoms with Crippen molar-refractivity contribution < 1.29 is 13.9 Å². The molecule has 194 valence electrons. The molecule has 1 N–H and O–H groups in total. The van der Waals surface area contributed by atoms with Crippen LogP contribution in [-0.2, 0) is 4.74 Å². The summed E-state index contributed by atoms with van der Waals surface area (Å²) in [5, 5.41) is 0.133. The van der Waals surface area contributed by atoms with Gasteiger partial charge in [-0.25, -0.2) is 18.7 Å². The predicted molar refractivity (Wildman–Crippen MR) is 140 cm³/mol. The Morgan fingerprint density at radius 2 is 1.68 bits per heavy atom. The Morgan fingerprint density at radius 1 is 1.03 bits per heavy atom. The van der Waals surface area contributed by atoms with Crippen LogP contribution in [0, 0.1) is 5.82 Å². The van der Waals surface area contributed by atoms with Crippen LogP contribution in [-0.4, -0.2) is 44.8 Å². The maximum atomic E-state index is 14.7. The van der Waals surface area contributed by atoms with Crippen LogP contribution in [0.3, 0.4) is 0 Å². The molecular formula is C26H27ClFN5O4.